The molecule has 0 saturated carbocycles. The van der Waals surface area contributed by atoms with Gasteiger partial charge in [-0.05, 0) is 35.6 Å². The lowest BCUT2D eigenvalue weighted by Crippen LogP contribution is -2.25. The van der Waals surface area contributed by atoms with E-state index < -0.39 is 0 Å². The third kappa shape index (κ3) is 2.33. The van der Waals surface area contributed by atoms with Crippen LogP contribution in [0.5, 0.6) is 0 Å². The standard InChI is InChI=1S/C15H11ClN2O/c1-10-4-2-3-5-13(10)15-17-14(18-19-15)11-6-8-12(16)9-7-11/h2-9H,1H2,(H,17,18). The number of hydroxylamine groups is 1. The van der Waals surface area contributed by atoms with Crippen molar-refractivity contribution in [3.05, 3.63) is 69.6 Å². The number of hydrogen-bond acceptors (Lipinski definition) is 3. The first kappa shape index (κ1) is 11.8. The van der Waals surface area contributed by atoms with Crippen LogP contribution in [0.25, 0.3) is 12.5 Å². The second-order valence-electron chi connectivity index (χ2n) is 4.13. The average Bonchev–Trinajstić information content (AvgIpc) is 2.89. The van der Waals surface area contributed by atoms with Crippen molar-refractivity contribution >= 4 is 29.9 Å². The summed E-state index contributed by atoms with van der Waals surface area (Å²) in [4.78, 5) is 9.84. The van der Waals surface area contributed by atoms with Gasteiger partial charge in [0.15, 0.2) is 5.84 Å². The maximum Gasteiger partial charge on any atom is 0.255 e. The van der Waals surface area contributed by atoms with E-state index in [0.29, 0.717) is 16.7 Å². The summed E-state index contributed by atoms with van der Waals surface area (Å²) in [6, 6.07) is 15.1. The van der Waals surface area contributed by atoms with Crippen molar-refractivity contribution in [1.29, 1.82) is 0 Å². The van der Waals surface area contributed by atoms with Gasteiger partial charge >= 0.3 is 0 Å². The Morgan fingerprint density at radius 2 is 1.79 bits per heavy atom. The maximum atomic E-state index is 5.86. The smallest absolute Gasteiger partial charge is 0.255 e. The lowest BCUT2D eigenvalue weighted by Gasteiger charge is -2.00. The van der Waals surface area contributed by atoms with Crippen molar-refractivity contribution < 1.29 is 4.84 Å². The summed E-state index contributed by atoms with van der Waals surface area (Å²) in [5.74, 6) is 1.19. The summed E-state index contributed by atoms with van der Waals surface area (Å²) in [5.41, 5.74) is 3.73. The van der Waals surface area contributed by atoms with Crippen LogP contribution in [-0.2, 0) is 4.84 Å². The Bertz CT molecular complexity index is 750. The van der Waals surface area contributed by atoms with Gasteiger partial charge < -0.3 is 4.84 Å². The van der Waals surface area contributed by atoms with Gasteiger partial charge in [0.25, 0.3) is 5.88 Å². The Morgan fingerprint density at radius 3 is 2.53 bits per heavy atom. The van der Waals surface area contributed by atoms with Crippen molar-refractivity contribution in [2.75, 3.05) is 0 Å². The molecule has 2 aromatic rings. The second-order valence-corrected chi connectivity index (χ2v) is 4.57. The summed E-state index contributed by atoms with van der Waals surface area (Å²) >= 11 is 5.86. The molecule has 1 N–H and O–H groups in total. The second kappa shape index (κ2) is 4.78. The number of nitrogens with zero attached hydrogens (tertiary/aromatic N) is 1. The normalized spacial score (nSPS) is 16.6. The van der Waals surface area contributed by atoms with Crippen molar-refractivity contribution in [3.63, 3.8) is 0 Å². The Labute approximate surface area is 115 Å². The van der Waals surface area contributed by atoms with Crippen LogP contribution in [0.3, 0.4) is 0 Å². The van der Waals surface area contributed by atoms with Crippen LogP contribution in [0.1, 0.15) is 5.56 Å². The minimum Gasteiger partial charge on any atom is -0.359 e. The third-order valence-corrected chi connectivity index (χ3v) is 3.08. The number of halogens is 1. The highest BCUT2D eigenvalue weighted by atomic mass is 35.5. The predicted octanol–water partition coefficient (Wildman–Crippen LogP) is 1.80. The molecule has 1 aliphatic heterocycles. The lowest BCUT2D eigenvalue weighted by atomic mass is 10.2. The summed E-state index contributed by atoms with van der Waals surface area (Å²) in [5, 5.41) is 2.44. The molecule has 0 bridgehead atoms. The van der Waals surface area contributed by atoms with Gasteiger partial charge in [0.05, 0.1) is 0 Å². The molecule has 0 radical (unpaired) electrons. The zero-order valence-electron chi connectivity index (χ0n) is 10.1. The minimum absolute atomic E-state index is 0.524. The monoisotopic (exact) mass is 270 g/mol. The van der Waals surface area contributed by atoms with Gasteiger partial charge in [-0.3, -0.25) is 0 Å². The summed E-state index contributed by atoms with van der Waals surface area (Å²) in [6.45, 7) is 3.96. The van der Waals surface area contributed by atoms with Crippen molar-refractivity contribution in [1.82, 2.24) is 5.48 Å². The topological polar surface area (TPSA) is 33.6 Å². The van der Waals surface area contributed by atoms with E-state index in [1.807, 2.05) is 48.5 Å². The van der Waals surface area contributed by atoms with E-state index in [1.165, 1.54) is 0 Å². The van der Waals surface area contributed by atoms with Crippen molar-refractivity contribution in [2.45, 2.75) is 0 Å². The molecule has 0 aliphatic carbocycles. The van der Waals surface area contributed by atoms with Gasteiger partial charge in [-0.25, -0.2) is 5.48 Å². The van der Waals surface area contributed by atoms with Crippen LogP contribution in [-0.4, -0.2) is 5.84 Å². The molecule has 1 heterocycles. The lowest BCUT2D eigenvalue weighted by molar-refractivity contribution is 0.230. The molecule has 0 unspecified atom stereocenters. The zero-order valence-corrected chi connectivity index (χ0v) is 10.8. The van der Waals surface area contributed by atoms with Gasteiger partial charge in [-0.1, -0.05) is 36.4 Å². The van der Waals surface area contributed by atoms with E-state index in [2.05, 4.69) is 17.1 Å². The zero-order chi connectivity index (χ0) is 13.2. The third-order valence-electron chi connectivity index (χ3n) is 2.82. The minimum atomic E-state index is 0.524. The van der Waals surface area contributed by atoms with Crippen LogP contribution < -0.4 is 15.9 Å². The highest BCUT2D eigenvalue weighted by Crippen LogP contribution is 2.13. The van der Waals surface area contributed by atoms with E-state index in [4.69, 9.17) is 16.4 Å². The molecule has 3 rings (SSSR count). The first-order valence-corrected chi connectivity index (χ1v) is 6.17. The van der Waals surface area contributed by atoms with Crippen LogP contribution in [0.4, 0.5) is 0 Å². The highest BCUT2D eigenvalue weighted by molar-refractivity contribution is 6.30. The van der Waals surface area contributed by atoms with Gasteiger partial charge in [-0.2, -0.15) is 4.99 Å². The largest absolute Gasteiger partial charge is 0.359 e. The Kier molecular flexibility index (Phi) is 2.97. The molecule has 0 amide bonds. The number of hydrogen-bond donors (Lipinski definition) is 1. The Hall–Kier alpha value is -2.26. The fraction of sp³-hybridized carbons (Fsp3) is 0. The first-order valence-electron chi connectivity index (χ1n) is 5.80. The number of aliphatic imine (C=N–C) groups is 1. The van der Waals surface area contributed by atoms with Crippen LogP contribution in [0.15, 0.2) is 53.5 Å². The van der Waals surface area contributed by atoms with E-state index in [9.17, 15) is 0 Å². The summed E-state index contributed by atoms with van der Waals surface area (Å²) in [7, 11) is 0. The molecular formula is C15H11ClN2O. The number of amidine groups is 1. The molecule has 2 aromatic carbocycles. The number of benzene rings is 2. The maximum absolute atomic E-state index is 5.86. The SMILES string of the molecule is C=c1ccccc1=C1N=C(c2ccc(Cl)cc2)NO1. The molecule has 0 fully saturated rings. The molecule has 94 valence electrons. The highest BCUT2D eigenvalue weighted by Gasteiger charge is 2.14. The molecule has 0 saturated heterocycles. The Morgan fingerprint density at radius 1 is 1.05 bits per heavy atom. The molecular weight excluding hydrogens is 260 g/mol. The molecule has 0 aromatic heterocycles. The fourth-order valence-corrected chi connectivity index (χ4v) is 1.95. The predicted molar refractivity (Wildman–Crippen MR) is 76.8 cm³/mol. The van der Waals surface area contributed by atoms with Gasteiger partial charge in [0, 0.05) is 15.8 Å². The van der Waals surface area contributed by atoms with E-state index >= 15 is 0 Å². The average molecular weight is 271 g/mol. The van der Waals surface area contributed by atoms with Gasteiger partial charge in [-0.15, -0.1) is 0 Å². The molecule has 1 aliphatic rings. The van der Waals surface area contributed by atoms with Gasteiger partial charge in [0.2, 0.25) is 0 Å². The van der Waals surface area contributed by atoms with Crippen LogP contribution in [0, 0.1) is 0 Å². The fourth-order valence-electron chi connectivity index (χ4n) is 1.82. The van der Waals surface area contributed by atoms with Crippen LogP contribution in [0.2, 0.25) is 5.02 Å². The van der Waals surface area contributed by atoms with Gasteiger partial charge in [0.1, 0.15) is 0 Å². The Balaban J connectivity index is 2.07. The van der Waals surface area contributed by atoms with E-state index in [1.54, 1.807) is 0 Å². The number of nitrogens with one attached hydrogen (secondary N) is 1. The van der Waals surface area contributed by atoms with E-state index in [-0.39, 0.29) is 0 Å². The summed E-state index contributed by atoms with van der Waals surface area (Å²) < 4.78 is 0. The first-order chi connectivity index (χ1) is 9.24. The number of rotatable bonds is 1. The summed E-state index contributed by atoms with van der Waals surface area (Å²) in [6.07, 6.45) is 0. The quantitative estimate of drug-likeness (QED) is 0.857. The molecule has 4 heteroatoms. The molecule has 0 atom stereocenters. The van der Waals surface area contributed by atoms with Crippen molar-refractivity contribution in [2.24, 2.45) is 4.99 Å². The van der Waals surface area contributed by atoms with Crippen molar-refractivity contribution in [3.8, 4) is 0 Å². The molecule has 0 spiro atoms. The molecule has 19 heavy (non-hydrogen) atoms. The van der Waals surface area contributed by atoms with E-state index in [0.717, 1.165) is 16.0 Å². The van der Waals surface area contributed by atoms with Crippen LogP contribution >= 0.6 is 11.6 Å². The molecule has 3 nitrogen and oxygen atoms in total.